The van der Waals surface area contributed by atoms with E-state index in [4.69, 9.17) is 18.9 Å². The number of anilines is 1. The molecule has 0 radical (unpaired) electrons. The van der Waals surface area contributed by atoms with Crippen molar-refractivity contribution in [1.82, 2.24) is 9.97 Å². The second-order valence-electron chi connectivity index (χ2n) is 7.26. The molecular formula is C25H21N3O4S. The van der Waals surface area contributed by atoms with Crippen LogP contribution in [0.2, 0.25) is 0 Å². The van der Waals surface area contributed by atoms with Gasteiger partial charge in [0.1, 0.15) is 5.75 Å². The number of fused-ring (bicyclic) bond motifs is 2. The fraction of sp³-hybridized carbons (Fsp3) is 0.160. The van der Waals surface area contributed by atoms with E-state index in [1.54, 1.807) is 24.3 Å². The minimum atomic E-state index is -0.301. The summed E-state index contributed by atoms with van der Waals surface area (Å²) in [5, 5.41) is 1.36. The number of hydrogen-bond acceptors (Lipinski definition) is 7. The van der Waals surface area contributed by atoms with Gasteiger partial charge in [0.2, 0.25) is 0 Å². The third-order valence-electron chi connectivity index (χ3n) is 5.13. The van der Waals surface area contributed by atoms with Crippen molar-refractivity contribution >= 4 is 43.6 Å². The molecule has 0 saturated heterocycles. The number of amides is 1. The van der Waals surface area contributed by atoms with Gasteiger partial charge in [-0.2, -0.15) is 0 Å². The maximum atomic E-state index is 13.7. The van der Waals surface area contributed by atoms with Crippen molar-refractivity contribution in [3.8, 4) is 11.5 Å². The second-order valence-corrected chi connectivity index (χ2v) is 8.27. The number of ether oxygens (including phenoxy) is 2. The maximum absolute atomic E-state index is 13.7. The average molecular weight is 460 g/mol. The number of thiazole rings is 1. The fourth-order valence-electron chi connectivity index (χ4n) is 3.56. The van der Waals surface area contributed by atoms with E-state index in [9.17, 15) is 4.79 Å². The molecule has 0 bridgehead atoms. The van der Waals surface area contributed by atoms with Gasteiger partial charge in [0.15, 0.2) is 22.2 Å². The highest BCUT2D eigenvalue weighted by Crippen LogP contribution is 2.34. The standard InChI is InChI=1S/C25H21N3O4S/c1-3-31-20-9-6-7-16-13-21(32-23(16)20)24(29)28(15-17-8-4-5-12-26-17)25-27-19-11-10-18(30-2)14-22(19)33-25/h4-14H,3,15H2,1-2H3. The number of aromatic nitrogens is 2. The lowest BCUT2D eigenvalue weighted by atomic mass is 10.2. The SMILES string of the molecule is CCOc1cccc2cc(C(=O)N(Cc3ccccn3)c3nc4ccc(OC)cc4s3)oc12. The maximum Gasteiger partial charge on any atom is 0.296 e. The van der Waals surface area contributed by atoms with Crippen LogP contribution < -0.4 is 14.4 Å². The number of benzene rings is 2. The molecule has 166 valence electrons. The third kappa shape index (κ3) is 4.12. The number of pyridine rings is 1. The van der Waals surface area contributed by atoms with Crippen LogP contribution in [0.25, 0.3) is 21.2 Å². The molecule has 0 atom stereocenters. The molecule has 0 aliphatic rings. The predicted octanol–water partition coefficient (Wildman–Crippen LogP) is 5.69. The van der Waals surface area contributed by atoms with Crippen molar-refractivity contribution in [2.45, 2.75) is 13.5 Å². The molecule has 0 fully saturated rings. The Balaban J connectivity index is 1.57. The lowest BCUT2D eigenvalue weighted by Gasteiger charge is -2.18. The Hall–Kier alpha value is -3.91. The van der Waals surface area contributed by atoms with E-state index < -0.39 is 0 Å². The molecule has 3 heterocycles. The Kier molecular flexibility index (Phi) is 5.66. The van der Waals surface area contributed by atoms with Crippen LogP contribution in [0.5, 0.6) is 11.5 Å². The summed E-state index contributed by atoms with van der Waals surface area (Å²) < 4.78 is 17.9. The van der Waals surface area contributed by atoms with Gasteiger partial charge in [0.25, 0.3) is 5.91 Å². The van der Waals surface area contributed by atoms with Crippen molar-refractivity contribution in [1.29, 1.82) is 0 Å². The lowest BCUT2D eigenvalue weighted by molar-refractivity contribution is 0.0960. The Morgan fingerprint density at radius 3 is 2.82 bits per heavy atom. The van der Waals surface area contributed by atoms with Crippen LogP contribution in [0.15, 0.2) is 71.3 Å². The summed E-state index contributed by atoms with van der Waals surface area (Å²) in [5.74, 6) is 1.26. The number of hydrogen-bond donors (Lipinski definition) is 0. The minimum absolute atomic E-state index is 0.213. The molecule has 1 amide bonds. The smallest absolute Gasteiger partial charge is 0.296 e. The number of carbonyl (C=O) groups is 1. The van der Waals surface area contributed by atoms with Gasteiger partial charge >= 0.3 is 0 Å². The molecule has 3 aromatic heterocycles. The third-order valence-corrected chi connectivity index (χ3v) is 6.17. The highest BCUT2D eigenvalue weighted by atomic mass is 32.1. The van der Waals surface area contributed by atoms with Crippen LogP contribution in [-0.2, 0) is 6.54 Å². The molecule has 5 rings (SSSR count). The summed E-state index contributed by atoms with van der Waals surface area (Å²) in [4.78, 5) is 24.4. The number of carbonyl (C=O) groups excluding carboxylic acids is 1. The van der Waals surface area contributed by atoms with Crippen molar-refractivity contribution in [2.24, 2.45) is 0 Å². The summed E-state index contributed by atoms with van der Waals surface area (Å²) in [5.41, 5.74) is 2.08. The first-order valence-corrected chi connectivity index (χ1v) is 11.3. The fourth-order valence-corrected chi connectivity index (χ4v) is 4.55. The molecule has 0 unspecified atom stereocenters. The van der Waals surface area contributed by atoms with Gasteiger partial charge in [-0.05, 0) is 49.4 Å². The largest absolute Gasteiger partial charge is 0.497 e. The Bertz CT molecular complexity index is 1430. The van der Waals surface area contributed by atoms with Gasteiger partial charge in [0, 0.05) is 11.6 Å². The van der Waals surface area contributed by atoms with Gasteiger partial charge in [-0.15, -0.1) is 0 Å². The molecule has 8 heteroatoms. The molecular weight excluding hydrogens is 438 g/mol. The molecule has 2 aromatic carbocycles. The summed E-state index contributed by atoms with van der Waals surface area (Å²) >= 11 is 1.42. The zero-order chi connectivity index (χ0) is 22.8. The number of furan rings is 1. The first-order valence-electron chi connectivity index (χ1n) is 10.5. The Morgan fingerprint density at radius 2 is 2.03 bits per heavy atom. The van der Waals surface area contributed by atoms with Crippen LogP contribution in [0, 0.1) is 0 Å². The van der Waals surface area contributed by atoms with Crippen molar-refractivity contribution in [3.63, 3.8) is 0 Å². The highest BCUT2D eigenvalue weighted by Gasteiger charge is 2.26. The molecule has 0 saturated carbocycles. The Morgan fingerprint density at radius 1 is 1.12 bits per heavy atom. The number of nitrogens with zero attached hydrogens (tertiary/aromatic N) is 3. The first kappa shape index (κ1) is 21.0. The molecule has 0 aliphatic carbocycles. The van der Waals surface area contributed by atoms with Crippen molar-refractivity contribution in [2.75, 3.05) is 18.6 Å². The van der Waals surface area contributed by atoms with Crippen LogP contribution in [0.4, 0.5) is 5.13 Å². The molecule has 33 heavy (non-hydrogen) atoms. The number of rotatable bonds is 7. The van der Waals surface area contributed by atoms with E-state index in [2.05, 4.69) is 4.98 Å². The second kappa shape index (κ2) is 8.91. The Labute approximate surface area is 194 Å². The molecule has 0 N–H and O–H groups in total. The monoisotopic (exact) mass is 459 g/mol. The van der Waals surface area contributed by atoms with E-state index in [1.165, 1.54) is 11.3 Å². The molecule has 5 aromatic rings. The quantitative estimate of drug-likeness (QED) is 0.311. The molecule has 0 spiro atoms. The van der Waals surface area contributed by atoms with E-state index >= 15 is 0 Å². The topological polar surface area (TPSA) is 77.7 Å². The number of methoxy groups -OCH3 is 1. The van der Waals surface area contributed by atoms with Gasteiger partial charge in [-0.1, -0.05) is 29.5 Å². The summed E-state index contributed by atoms with van der Waals surface area (Å²) in [6, 6.07) is 18.6. The lowest BCUT2D eigenvalue weighted by Crippen LogP contribution is -2.30. The zero-order valence-electron chi connectivity index (χ0n) is 18.1. The molecule has 7 nitrogen and oxygen atoms in total. The van der Waals surface area contributed by atoms with Crippen LogP contribution in [0.1, 0.15) is 23.2 Å². The van der Waals surface area contributed by atoms with Gasteiger partial charge < -0.3 is 13.9 Å². The highest BCUT2D eigenvalue weighted by molar-refractivity contribution is 7.22. The van der Waals surface area contributed by atoms with E-state index in [-0.39, 0.29) is 18.2 Å². The van der Waals surface area contributed by atoms with E-state index in [0.717, 1.165) is 27.0 Å². The van der Waals surface area contributed by atoms with Gasteiger partial charge in [-0.3, -0.25) is 14.7 Å². The van der Waals surface area contributed by atoms with E-state index in [0.29, 0.717) is 23.1 Å². The van der Waals surface area contributed by atoms with Crippen LogP contribution in [-0.4, -0.2) is 29.6 Å². The van der Waals surface area contributed by atoms with Crippen LogP contribution >= 0.6 is 11.3 Å². The van der Waals surface area contributed by atoms with Crippen LogP contribution in [0.3, 0.4) is 0 Å². The summed E-state index contributed by atoms with van der Waals surface area (Å²) in [6.45, 7) is 2.67. The average Bonchev–Trinajstić information content (AvgIpc) is 3.47. The minimum Gasteiger partial charge on any atom is -0.497 e. The predicted molar refractivity (Wildman–Crippen MR) is 128 cm³/mol. The number of para-hydroxylation sites is 1. The summed E-state index contributed by atoms with van der Waals surface area (Å²) in [7, 11) is 1.62. The van der Waals surface area contributed by atoms with Gasteiger partial charge in [0.05, 0.1) is 36.2 Å². The van der Waals surface area contributed by atoms with E-state index in [1.807, 2.05) is 61.5 Å². The molecule has 0 aliphatic heterocycles. The first-order chi connectivity index (χ1) is 16.2. The van der Waals surface area contributed by atoms with Crippen molar-refractivity contribution in [3.05, 3.63) is 78.3 Å². The zero-order valence-corrected chi connectivity index (χ0v) is 19.0. The van der Waals surface area contributed by atoms with Crippen molar-refractivity contribution < 1.29 is 18.7 Å². The summed E-state index contributed by atoms with van der Waals surface area (Å²) in [6.07, 6.45) is 1.71. The normalized spacial score (nSPS) is 11.1. The van der Waals surface area contributed by atoms with Gasteiger partial charge in [-0.25, -0.2) is 4.98 Å².